The van der Waals surface area contributed by atoms with Gasteiger partial charge in [0.05, 0.1) is 54.1 Å². The van der Waals surface area contributed by atoms with Crippen LogP contribution in [-0.4, -0.2) is 151 Å². The number of sulfonamides is 1. The van der Waals surface area contributed by atoms with Gasteiger partial charge in [0.1, 0.15) is 18.8 Å². The van der Waals surface area contributed by atoms with Crippen molar-refractivity contribution in [1.82, 2.24) is 4.90 Å². The van der Waals surface area contributed by atoms with Crippen molar-refractivity contribution in [1.29, 1.82) is 0 Å². The molecule has 0 aromatic carbocycles. The Morgan fingerprint density at radius 1 is 0.833 bits per heavy atom. The predicted molar refractivity (Wildman–Crippen MR) is 215 cm³/mol. The summed E-state index contributed by atoms with van der Waals surface area (Å²) in [5.74, 6) is 0.0434. The first kappa shape index (κ1) is 45.3. The second-order valence-corrected chi connectivity index (χ2v) is 21.8. The third-order valence-corrected chi connectivity index (χ3v) is 17.3. The van der Waals surface area contributed by atoms with Crippen LogP contribution in [0.3, 0.4) is 0 Å². The zero-order valence-electron chi connectivity index (χ0n) is 35.9. The molecule has 342 valence electrons. The maximum atomic E-state index is 12.6. The van der Waals surface area contributed by atoms with Gasteiger partial charge >= 0.3 is 5.97 Å². The molecule has 4 aliphatic carbocycles. The van der Waals surface area contributed by atoms with Gasteiger partial charge in [-0.3, -0.25) is 4.90 Å². The number of carbonyl (C=O) groups is 1. The molecule has 7 fully saturated rings. The fourth-order valence-corrected chi connectivity index (χ4v) is 13.8. The number of hydrogen-bond acceptors (Lipinski definition) is 15. The van der Waals surface area contributed by atoms with Crippen LogP contribution in [0.5, 0.6) is 0 Å². The molecular weight excluding hydrogens is 801 g/mol. The molecule has 5 unspecified atom stereocenters. The average molecular weight is 871 g/mol. The molecule has 0 radical (unpaired) electrons. The van der Waals surface area contributed by atoms with Gasteiger partial charge in [0.2, 0.25) is 10.0 Å². The molecule has 16 nitrogen and oxygen atoms in total. The highest BCUT2D eigenvalue weighted by Crippen LogP contribution is 2.70. The summed E-state index contributed by atoms with van der Waals surface area (Å²) in [4.78, 5) is 14.0. The van der Waals surface area contributed by atoms with Crippen molar-refractivity contribution in [3.05, 3.63) is 11.6 Å². The van der Waals surface area contributed by atoms with Crippen LogP contribution in [0.25, 0.3) is 0 Å². The Labute approximate surface area is 354 Å². The first-order valence-electron chi connectivity index (χ1n) is 22.6. The van der Waals surface area contributed by atoms with E-state index in [0.29, 0.717) is 44.8 Å². The van der Waals surface area contributed by atoms with Gasteiger partial charge in [0, 0.05) is 50.4 Å². The molecule has 19 atom stereocenters. The van der Waals surface area contributed by atoms with Crippen LogP contribution >= 0.6 is 0 Å². The summed E-state index contributed by atoms with van der Waals surface area (Å²) < 4.78 is 65.9. The maximum Gasteiger partial charge on any atom is 0.331 e. The maximum absolute atomic E-state index is 12.6. The van der Waals surface area contributed by atoms with E-state index in [2.05, 4.69) is 6.92 Å². The Kier molecular flexibility index (Phi) is 13.0. The smallest absolute Gasteiger partial charge is 0.331 e. The number of primary sulfonamides is 1. The number of esters is 1. The molecule has 4 saturated carbocycles. The van der Waals surface area contributed by atoms with Crippen LogP contribution in [0, 0.1) is 34.5 Å². The molecule has 0 bridgehead atoms. The molecule has 6 N–H and O–H groups in total. The van der Waals surface area contributed by atoms with Gasteiger partial charge in [-0.1, -0.05) is 13.8 Å². The lowest BCUT2D eigenvalue weighted by Crippen LogP contribution is -2.67. The summed E-state index contributed by atoms with van der Waals surface area (Å²) in [5.41, 5.74) is -0.909. The number of cyclic esters (lactones) is 1. The van der Waals surface area contributed by atoms with E-state index in [1.165, 1.54) is 0 Å². The lowest BCUT2D eigenvalue weighted by atomic mass is 9.42. The topological polar surface area (TPSA) is 226 Å². The summed E-state index contributed by atoms with van der Waals surface area (Å²) in [7, 11) is -3.58. The van der Waals surface area contributed by atoms with Crippen LogP contribution in [0.4, 0.5) is 0 Å². The Balaban J connectivity index is 0.813. The number of fused-ring (bicyclic) bond motifs is 5. The zero-order chi connectivity index (χ0) is 42.9. The van der Waals surface area contributed by atoms with E-state index in [4.69, 9.17) is 38.3 Å². The van der Waals surface area contributed by atoms with Crippen molar-refractivity contribution in [2.45, 2.75) is 185 Å². The quantitative estimate of drug-likeness (QED) is 0.157. The SMILES string of the molecule is CC1CN(CCS(N)(=O)=O)CCC(O[C@@H]2[C@H](C)O[C@@H](O[C@@H]3[C@H](C)O[C@@H](O[C@H]4CC[C@@]5(C)C(CCC6C5C[C@H](O)[C@]5(C)[C@@H](C7=CC(=O)OC7)CC[C@]65O)C4)C[C@@H]3O)C[C@@H]2O)O1. The second kappa shape index (κ2) is 17.2. The van der Waals surface area contributed by atoms with E-state index in [0.717, 1.165) is 44.1 Å². The summed E-state index contributed by atoms with van der Waals surface area (Å²) >= 11 is 0. The number of hydrogen-bond donors (Lipinski definition) is 5. The summed E-state index contributed by atoms with van der Waals surface area (Å²) in [5, 5.41) is 52.3. The average Bonchev–Trinajstić information content (AvgIpc) is 3.65. The van der Waals surface area contributed by atoms with Gasteiger partial charge in [-0.05, 0) is 107 Å². The highest BCUT2D eigenvalue weighted by Gasteiger charge is 2.71. The number of nitrogens with zero attached hydrogens (tertiary/aromatic N) is 1. The zero-order valence-corrected chi connectivity index (χ0v) is 36.7. The van der Waals surface area contributed by atoms with Gasteiger partial charge in [-0.25, -0.2) is 18.4 Å². The third-order valence-electron chi connectivity index (χ3n) is 16.5. The van der Waals surface area contributed by atoms with Crippen LogP contribution in [0.15, 0.2) is 11.6 Å². The van der Waals surface area contributed by atoms with E-state index in [1.807, 2.05) is 25.7 Å². The lowest BCUT2D eigenvalue weighted by molar-refractivity contribution is -0.329. The van der Waals surface area contributed by atoms with Crippen molar-refractivity contribution in [3.8, 4) is 0 Å². The van der Waals surface area contributed by atoms with Crippen LogP contribution in [0.1, 0.15) is 105 Å². The minimum absolute atomic E-state index is 0.0498. The molecule has 8 rings (SSSR count). The molecule has 0 aromatic rings. The first-order chi connectivity index (χ1) is 28.3. The van der Waals surface area contributed by atoms with Crippen molar-refractivity contribution in [3.63, 3.8) is 0 Å². The molecule has 0 aromatic heterocycles. The van der Waals surface area contributed by atoms with E-state index in [-0.39, 0.29) is 66.5 Å². The molecule has 4 heterocycles. The van der Waals surface area contributed by atoms with Gasteiger partial charge in [-0.15, -0.1) is 0 Å². The fraction of sp³-hybridized carbons (Fsp3) is 0.930. The van der Waals surface area contributed by atoms with Gasteiger partial charge < -0.3 is 53.6 Å². The number of rotatable bonds is 10. The van der Waals surface area contributed by atoms with E-state index in [1.54, 1.807) is 13.0 Å². The molecular formula is C43H70N2O14S. The molecule has 0 amide bonds. The van der Waals surface area contributed by atoms with Crippen molar-refractivity contribution < 1.29 is 66.8 Å². The summed E-state index contributed by atoms with van der Waals surface area (Å²) in [6.07, 6.45) is 1.58. The molecule has 4 aliphatic heterocycles. The van der Waals surface area contributed by atoms with E-state index in [9.17, 15) is 33.6 Å². The minimum Gasteiger partial charge on any atom is -0.458 e. The van der Waals surface area contributed by atoms with E-state index >= 15 is 0 Å². The fourth-order valence-electron chi connectivity index (χ4n) is 13.3. The number of nitrogens with two attached hydrogens (primary N) is 1. The van der Waals surface area contributed by atoms with Crippen molar-refractivity contribution >= 4 is 16.0 Å². The number of aliphatic hydroxyl groups is 4. The predicted octanol–water partition coefficient (Wildman–Crippen LogP) is 2.09. The summed E-state index contributed by atoms with van der Waals surface area (Å²) in [6, 6.07) is 0. The second-order valence-electron chi connectivity index (χ2n) is 20.1. The monoisotopic (exact) mass is 870 g/mol. The number of aliphatic hydroxyl groups excluding tert-OH is 3. The Bertz CT molecular complexity index is 1680. The molecule has 0 spiro atoms. The largest absolute Gasteiger partial charge is 0.458 e. The Hall–Kier alpha value is -1.32. The van der Waals surface area contributed by atoms with Crippen LogP contribution < -0.4 is 5.14 Å². The third kappa shape index (κ3) is 8.63. The minimum atomic E-state index is -3.58. The van der Waals surface area contributed by atoms with Crippen LogP contribution in [-0.2, 0) is 48.0 Å². The van der Waals surface area contributed by atoms with Gasteiger partial charge in [0.15, 0.2) is 18.9 Å². The molecule has 3 saturated heterocycles. The van der Waals surface area contributed by atoms with E-state index < -0.39 is 82.6 Å². The number of ether oxygens (including phenoxy) is 7. The lowest BCUT2D eigenvalue weighted by Gasteiger charge is -2.65. The standard InChI is InChI=1S/C43H70N2O14S/c1-23-21-45(14-15-60(44,51)52)13-10-36(54-23)58-39-24(2)56-38(20-33(39)47)59-40-25(3)55-37(19-32(40)46)57-28-8-11-41(4)27(17-28)6-7-30-31(41)18-34(48)42(5)29(9-12-43(30,42)50)26-16-35(49)53-22-26/h16,23-25,27-34,36-40,46-48,50H,6-15,17-22H2,1-5H3,(H2,44,51,52)/t23?,24-,25-,27?,28-,29+,30?,31?,32-,33-,34-,36?,37-,38-,39+,40+,41-,42-,43-/m0/s1. The van der Waals surface area contributed by atoms with Crippen LogP contribution in [0.2, 0.25) is 0 Å². The molecule has 8 aliphatic rings. The van der Waals surface area contributed by atoms with Crippen molar-refractivity contribution in [2.24, 2.45) is 39.6 Å². The highest BCUT2D eigenvalue weighted by atomic mass is 32.2. The van der Waals surface area contributed by atoms with Crippen molar-refractivity contribution in [2.75, 3.05) is 32.0 Å². The number of carbonyl (C=O) groups excluding carboxylic acids is 1. The summed E-state index contributed by atoms with van der Waals surface area (Å²) in [6.45, 7) is 11.6. The normalized spacial score (nSPS) is 50.2. The molecule has 17 heteroatoms. The molecule has 60 heavy (non-hydrogen) atoms. The Morgan fingerprint density at radius 3 is 2.13 bits per heavy atom. The first-order valence-corrected chi connectivity index (χ1v) is 24.3. The highest BCUT2D eigenvalue weighted by molar-refractivity contribution is 7.89. The van der Waals surface area contributed by atoms with Gasteiger partial charge in [-0.2, -0.15) is 0 Å². The van der Waals surface area contributed by atoms with Gasteiger partial charge in [0.25, 0.3) is 0 Å². The Morgan fingerprint density at radius 2 is 1.50 bits per heavy atom.